The molecule has 26 heavy (non-hydrogen) atoms. The van der Waals surface area contributed by atoms with Crippen LogP contribution in [0.3, 0.4) is 0 Å². The van der Waals surface area contributed by atoms with Gasteiger partial charge in [-0.25, -0.2) is 9.18 Å². The quantitative estimate of drug-likeness (QED) is 0.767. The average molecular weight is 365 g/mol. The van der Waals surface area contributed by atoms with Gasteiger partial charge < -0.3 is 20.1 Å². The van der Waals surface area contributed by atoms with E-state index in [4.69, 9.17) is 9.47 Å². The van der Waals surface area contributed by atoms with E-state index in [0.717, 1.165) is 51.5 Å². The molecule has 0 saturated carbocycles. The van der Waals surface area contributed by atoms with Gasteiger partial charge in [0.05, 0.1) is 19.8 Å². The van der Waals surface area contributed by atoms with Crippen molar-refractivity contribution >= 4 is 6.03 Å². The minimum atomic E-state index is -0.251. The van der Waals surface area contributed by atoms with E-state index in [0.29, 0.717) is 25.4 Å². The van der Waals surface area contributed by atoms with Gasteiger partial charge in [0, 0.05) is 44.7 Å². The maximum absolute atomic E-state index is 13.2. The first kappa shape index (κ1) is 19.1. The number of carbonyl (C=O) groups excluding carboxylic acids is 1. The first-order chi connectivity index (χ1) is 12.7. The molecular formula is C19H28FN3O3. The van der Waals surface area contributed by atoms with Crippen LogP contribution in [0.5, 0.6) is 0 Å². The Labute approximate surface area is 154 Å². The molecule has 6 nitrogen and oxygen atoms in total. The summed E-state index contributed by atoms with van der Waals surface area (Å²) in [7, 11) is 0. The van der Waals surface area contributed by atoms with Crippen molar-refractivity contribution in [3.63, 3.8) is 0 Å². The lowest BCUT2D eigenvalue weighted by Gasteiger charge is -2.37. The third-order valence-corrected chi connectivity index (χ3v) is 5.08. The molecule has 2 aliphatic rings. The Morgan fingerprint density at radius 1 is 1.23 bits per heavy atom. The fraction of sp³-hybridized carbons (Fsp3) is 0.632. The molecule has 1 aromatic carbocycles. The molecule has 2 aliphatic heterocycles. The Morgan fingerprint density at radius 2 is 2.08 bits per heavy atom. The number of hydrogen-bond donors (Lipinski definition) is 2. The van der Waals surface area contributed by atoms with Crippen molar-refractivity contribution in [2.45, 2.75) is 18.9 Å². The standard InChI is InChI=1S/C19H28FN3O3/c20-17-3-1-2-15(12-17)4-6-21-19(24)22-13-18(16-5-9-26-14-16)23-7-10-25-11-8-23/h1-3,12,16,18H,4-11,13-14H2,(H2,21,22,24). The second-order valence-electron chi connectivity index (χ2n) is 6.86. The molecule has 2 amide bonds. The lowest BCUT2D eigenvalue weighted by molar-refractivity contribution is 0.00213. The molecule has 144 valence electrons. The highest BCUT2D eigenvalue weighted by Gasteiger charge is 2.31. The number of benzene rings is 1. The van der Waals surface area contributed by atoms with E-state index in [1.165, 1.54) is 12.1 Å². The van der Waals surface area contributed by atoms with Gasteiger partial charge in [0.15, 0.2) is 0 Å². The van der Waals surface area contributed by atoms with Gasteiger partial charge in [-0.2, -0.15) is 0 Å². The number of rotatable bonds is 7. The highest BCUT2D eigenvalue weighted by molar-refractivity contribution is 5.73. The zero-order valence-corrected chi connectivity index (χ0v) is 15.1. The predicted octanol–water partition coefficient (Wildman–Crippen LogP) is 1.40. The van der Waals surface area contributed by atoms with Crippen LogP contribution >= 0.6 is 0 Å². The van der Waals surface area contributed by atoms with E-state index in [9.17, 15) is 9.18 Å². The monoisotopic (exact) mass is 365 g/mol. The minimum absolute atomic E-state index is 0.182. The van der Waals surface area contributed by atoms with Gasteiger partial charge in [-0.05, 0) is 30.5 Å². The topological polar surface area (TPSA) is 62.8 Å². The predicted molar refractivity (Wildman–Crippen MR) is 96.6 cm³/mol. The summed E-state index contributed by atoms with van der Waals surface area (Å²) in [6.45, 7) is 5.89. The number of halogens is 1. The second kappa shape index (κ2) is 9.85. The zero-order valence-electron chi connectivity index (χ0n) is 15.1. The molecule has 0 radical (unpaired) electrons. The fourth-order valence-corrected chi connectivity index (χ4v) is 3.63. The Bertz CT molecular complexity index is 575. The van der Waals surface area contributed by atoms with E-state index < -0.39 is 0 Å². The third-order valence-electron chi connectivity index (χ3n) is 5.08. The number of nitrogens with one attached hydrogen (secondary N) is 2. The summed E-state index contributed by atoms with van der Waals surface area (Å²) in [6, 6.07) is 6.54. The first-order valence-electron chi connectivity index (χ1n) is 9.38. The lowest BCUT2D eigenvalue weighted by Crippen LogP contribution is -2.53. The minimum Gasteiger partial charge on any atom is -0.381 e. The van der Waals surface area contributed by atoms with Crippen LogP contribution in [0.25, 0.3) is 0 Å². The van der Waals surface area contributed by atoms with Crippen molar-refractivity contribution in [1.82, 2.24) is 15.5 Å². The van der Waals surface area contributed by atoms with E-state index in [1.807, 2.05) is 6.07 Å². The molecule has 2 unspecified atom stereocenters. The smallest absolute Gasteiger partial charge is 0.314 e. The maximum Gasteiger partial charge on any atom is 0.314 e. The van der Waals surface area contributed by atoms with Crippen molar-refractivity contribution in [2.24, 2.45) is 5.92 Å². The van der Waals surface area contributed by atoms with Crippen LogP contribution in [0.4, 0.5) is 9.18 Å². The van der Waals surface area contributed by atoms with Gasteiger partial charge >= 0.3 is 6.03 Å². The number of nitrogens with zero attached hydrogens (tertiary/aromatic N) is 1. The third kappa shape index (κ3) is 5.65. The molecule has 0 bridgehead atoms. The summed E-state index contributed by atoms with van der Waals surface area (Å²) in [6.07, 6.45) is 1.64. The highest BCUT2D eigenvalue weighted by atomic mass is 19.1. The Kier molecular flexibility index (Phi) is 7.22. The van der Waals surface area contributed by atoms with Gasteiger partial charge in [-0.15, -0.1) is 0 Å². The summed E-state index contributed by atoms with van der Waals surface area (Å²) in [5.74, 6) is 0.194. The average Bonchev–Trinajstić information content (AvgIpc) is 3.17. The van der Waals surface area contributed by atoms with Crippen LogP contribution in [0.15, 0.2) is 24.3 Å². The Hall–Kier alpha value is -1.70. The second-order valence-corrected chi connectivity index (χ2v) is 6.86. The van der Waals surface area contributed by atoms with Crippen LogP contribution in [0, 0.1) is 11.7 Å². The molecule has 0 spiro atoms. The molecule has 1 aromatic rings. The van der Waals surface area contributed by atoms with E-state index >= 15 is 0 Å². The van der Waals surface area contributed by atoms with Crippen molar-refractivity contribution in [2.75, 3.05) is 52.6 Å². The van der Waals surface area contributed by atoms with Crippen LogP contribution in [-0.2, 0) is 15.9 Å². The van der Waals surface area contributed by atoms with Crippen LogP contribution in [-0.4, -0.2) is 69.6 Å². The summed E-state index contributed by atoms with van der Waals surface area (Å²) in [4.78, 5) is 14.5. The number of ether oxygens (including phenoxy) is 2. The molecule has 2 fully saturated rings. The number of morpholine rings is 1. The number of urea groups is 1. The maximum atomic E-state index is 13.2. The van der Waals surface area contributed by atoms with Gasteiger partial charge in [-0.1, -0.05) is 12.1 Å². The van der Waals surface area contributed by atoms with Crippen molar-refractivity contribution in [3.8, 4) is 0 Å². The summed E-state index contributed by atoms with van der Waals surface area (Å²) < 4.78 is 24.1. The largest absolute Gasteiger partial charge is 0.381 e. The molecule has 0 aliphatic carbocycles. The van der Waals surface area contributed by atoms with Gasteiger partial charge in [0.1, 0.15) is 5.82 Å². The SMILES string of the molecule is O=C(NCCc1cccc(F)c1)NCC(C1CCOC1)N1CCOCC1. The highest BCUT2D eigenvalue weighted by Crippen LogP contribution is 2.21. The van der Waals surface area contributed by atoms with Crippen molar-refractivity contribution in [1.29, 1.82) is 0 Å². The summed E-state index contributed by atoms with van der Waals surface area (Å²) in [5, 5.41) is 5.84. The molecule has 2 saturated heterocycles. The molecule has 2 atom stereocenters. The van der Waals surface area contributed by atoms with Gasteiger partial charge in [0.25, 0.3) is 0 Å². The van der Waals surface area contributed by atoms with Crippen LogP contribution in [0.1, 0.15) is 12.0 Å². The van der Waals surface area contributed by atoms with E-state index in [2.05, 4.69) is 15.5 Å². The van der Waals surface area contributed by atoms with E-state index in [1.54, 1.807) is 6.07 Å². The summed E-state index contributed by atoms with van der Waals surface area (Å²) in [5.41, 5.74) is 0.875. The molecule has 2 N–H and O–H groups in total. The molecular weight excluding hydrogens is 337 g/mol. The Balaban J connectivity index is 1.43. The fourth-order valence-electron chi connectivity index (χ4n) is 3.63. The molecule has 7 heteroatoms. The van der Waals surface area contributed by atoms with Crippen molar-refractivity contribution < 1.29 is 18.7 Å². The number of carbonyl (C=O) groups is 1. The zero-order chi connectivity index (χ0) is 18.2. The van der Waals surface area contributed by atoms with Gasteiger partial charge in [0.2, 0.25) is 0 Å². The van der Waals surface area contributed by atoms with Crippen LogP contribution in [0.2, 0.25) is 0 Å². The molecule has 3 rings (SSSR count). The van der Waals surface area contributed by atoms with Gasteiger partial charge in [-0.3, -0.25) is 4.90 Å². The first-order valence-corrected chi connectivity index (χ1v) is 9.38. The van der Waals surface area contributed by atoms with Crippen molar-refractivity contribution in [3.05, 3.63) is 35.6 Å². The number of amides is 2. The van der Waals surface area contributed by atoms with E-state index in [-0.39, 0.29) is 17.9 Å². The Morgan fingerprint density at radius 3 is 2.81 bits per heavy atom. The van der Waals surface area contributed by atoms with Crippen LogP contribution < -0.4 is 10.6 Å². The molecule has 2 heterocycles. The lowest BCUT2D eigenvalue weighted by atomic mass is 9.97. The molecule has 0 aromatic heterocycles. The summed E-state index contributed by atoms with van der Waals surface area (Å²) >= 11 is 0. The number of hydrogen-bond acceptors (Lipinski definition) is 4. The normalized spacial score (nSPS) is 22.1.